The van der Waals surface area contributed by atoms with E-state index in [1.54, 1.807) is 11.0 Å². The summed E-state index contributed by atoms with van der Waals surface area (Å²) >= 11 is 0. The number of hydrogen-bond acceptors (Lipinski definition) is 2. The third kappa shape index (κ3) is 5.42. The number of nitrogens with zero attached hydrogens (tertiary/aromatic N) is 1. The molecule has 13 heavy (non-hydrogen) atoms. The Hall–Kier alpha value is -0.830. The summed E-state index contributed by atoms with van der Waals surface area (Å²) in [5.74, 6) is 0.0450. The lowest BCUT2D eigenvalue weighted by Gasteiger charge is -2.19. The van der Waals surface area contributed by atoms with Gasteiger partial charge in [-0.3, -0.25) is 4.79 Å². The van der Waals surface area contributed by atoms with Crippen LogP contribution in [0.1, 0.15) is 20.3 Å². The first-order chi connectivity index (χ1) is 6.26. The van der Waals surface area contributed by atoms with Crippen molar-refractivity contribution in [1.82, 2.24) is 4.90 Å². The Kier molecular flexibility index (Phi) is 7.30. The summed E-state index contributed by atoms with van der Waals surface area (Å²) < 4.78 is 5.04. The molecule has 1 amide bonds. The van der Waals surface area contributed by atoms with Crippen LogP contribution in [0.25, 0.3) is 0 Å². The third-order valence-corrected chi connectivity index (χ3v) is 1.63. The third-order valence-electron chi connectivity index (χ3n) is 1.63. The van der Waals surface area contributed by atoms with E-state index in [2.05, 4.69) is 6.58 Å². The standard InChI is InChI=1S/C10H19NO2/c1-4-7-11(8-5-2)10(12)9-13-6-3/h4H,1,5-9H2,2-3H3. The number of amides is 1. The molecule has 0 heterocycles. The smallest absolute Gasteiger partial charge is 0.248 e. The Morgan fingerprint density at radius 1 is 1.54 bits per heavy atom. The van der Waals surface area contributed by atoms with Crippen molar-refractivity contribution in [2.24, 2.45) is 0 Å². The number of hydrogen-bond donors (Lipinski definition) is 0. The van der Waals surface area contributed by atoms with Crippen molar-refractivity contribution < 1.29 is 9.53 Å². The van der Waals surface area contributed by atoms with Gasteiger partial charge in [0, 0.05) is 19.7 Å². The van der Waals surface area contributed by atoms with Gasteiger partial charge < -0.3 is 9.64 Å². The fraction of sp³-hybridized carbons (Fsp3) is 0.700. The van der Waals surface area contributed by atoms with Gasteiger partial charge in [-0.2, -0.15) is 0 Å². The molecule has 0 aromatic carbocycles. The summed E-state index contributed by atoms with van der Waals surface area (Å²) in [5, 5.41) is 0. The van der Waals surface area contributed by atoms with E-state index in [9.17, 15) is 4.79 Å². The van der Waals surface area contributed by atoms with E-state index >= 15 is 0 Å². The minimum absolute atomic E-state index is 0.0450. The minimum Gasteiger partial charge on any atom is -0.372 e. The first-order valence-electron chi connectivity index (χ1n) is 4.72. The van der Waals surface area contributed by atoms with Gasteiger partial charge >= 0.3 is 0 Å². The average molecular weight is 185 g/mol. The van der Waals surface area contributed by atoms with Crippen molar-refractivity contribution in [1.29, 1.82) is 0 Å². The molecule has 76 valence electrons. The van der Waals surface area contributed by atoms with E-state index in [4.69, 9.17) is 4.74 Å². The molecule has 0 spiro atoms. The number of carbonyl (C=O) groups excluding carboxylic acids is 1. The molecular formula is C10H19NO2. The molecule has 0 bridgehead atoms. The molecule has 3 heteroatoms. The zero-order valence-corrected chi connectivity index (χ0v) is 8.58. The van der Waals surface area contributed by atoms with Crippen molar-refractivity contribution in [2.45, 2.75) is 20.3 Å². The maximum absolute atomic E-state index is 11.4. The minimum atomic E-state index is 0.0450. The Bertz CT molecular complexity index is 157. The van der Waals surface area contributed by atoms with Crippen LogP contribution < -0.4 is 0 Å². The summed E-state index contributed by atoms with van der Waals surface area (Å²) in [6, 6.07) is 0. The highest BCUT2D eigenvalue weighted by Crippen LogP contribution is 1.94. The average Bonchev–Trinajstić information content (AvgIpc) is 2.14. The lowest BCUT2D eigenvalue weighted by Crippen LogP contribution is -2.34. The molecule has 0 rings (SSSR count). The molecule has 0 aliphatic rings. The van der Waals surface area contributed by atoms with Gasteiger partial charge in [-0.1, -0.05) is 13.0 Å². The molecule has 0 fully saturated rings. The fourth-order valence-corrected chi connectivity index (χ4v) is 1.02. The summed E-state index contributed by atoms with van der Waals surface area (Å²) in [6.45, 7) is 9.69. The number of ether oxygens (including phenoxy) is 1. The highest BCUT2D eigenvalue weighted by molar-refractivity contribution is 5.77. The van der Waals surface area contributed by atoms with Crippen LogP contribution in [0.5, 0.6) is 0 Å². The van der Waals surface area contributed by atoms with Crippen molar-refractivity contribution in [3.63, 3.8) is 0 Å². The first-order valence-corrected chi connectivity index (χ1v) is 4.72. The maximum atomic E-state index is 11.4. The van der Waals surface area contributed by atoms with E-state index in [0.29, 0.717) is 13.2 Å². The molecule has 0 aromatic rings. The van der Waals surface area contributed by atoms with Gasteiger partial charge in [-0.15, -0.1) is 6.58 Å². The SMILES string of the molecule is C=CCN(CCC)C(=O)COCC. The number of rotatable bonds is 7. The van der Waals surface area contributed by atoms with Crippen molar-refractivity contribution in [3.8, 4) is 0 Å². The van der Waals surface area contributed by atoms with Crippen LogP contribution in [0.2, 0.25) is 0 Å². The molecule has 0 aliphatic heterocycles. The van der Waals surface area contributed by atoms with E-state index < -0.39 is 0 Å². The van der Waals surface area contributed by atoms with Crippen LogP contribution in [0, 0.1) is 0 Å². The van der Waals surface area contributed by atoms with Crippen LogP contribution >= 0.6 is 0 Å². The lowest BCUT2D eigenvalue weighted by molar-refractivity contribution is -0.135. The summed E-state index contributed by atoms with van der Waals surface area (Å²) in [4.78, 5) is 13.2. The topological polar surface area (TPSA) is 29.5 Å². The molecule has 0 N–H and O–H groups in total. The van der Waals surface area contributed by atoms with Gasteiger partial charge in [-0.05, 0) is 13.3 Å². The zero-order valence-electron chi connectivity index (χ0n) is 8.58. The highest BCUT2D eigenvalue weighted by atomic mass is 16.5. The Morgan fingerprint density at radius 3 is 2.69 bits per heavy atom. The molecule has 3 nitrogen and oxygen atoms in total. The molecule has 0 aliphatic carbocycles. The predicted molar refractivity (Wildman–Crippen MR) is 53.6 cm³/mol. The second kappa shape index (κ2) is 7.80. The van der Waals surface area contributed by atoms with Crippen LogP contribution in [-0.2, 0) is 9.53 Å². The monoisotopic (exact) mass is 185 g/mol. The molecule has 0 saturated heterocycles. The zero-order chi connectivity index (χ0) is 10.1. The quantitative estimate of drug-likeness (QED) is 0.562. The van der Waals surface area contributed by atoms with Crippen molar-refractivity contribution >= 4 is 5.91 Å². The van der Waals surface area contributed by atoms with Crippen LogP contribution in [0.4, 0.5) is 0 Å². The summed E-state index contributed by atoms with van der Waals surface area (Å²) in [5.41, 5.74) is 0. The number of carbonyl (C=O) groups is 1. The van der Waals surface area contributed by atoms with Crippen molar-refractivity contribution in [3.05, 3.63) is 12.7 Å². The van der Waals surface area contributed by atoms with E-state index in [1.807, 2.05) is 13.8 Å². The molecule has 0 atom stereocenters. The molecular weight excluding hydrogens is 166 g/mol. The summed E-state index contributed by atoms with van der Waals surface area (Å²) in [7, 11) is 0. The van der Waals surface area contributed by atoms with Gasteiger partial charge in [-0.25, -0.2) is 0 Å². The van der Waals surface area contributed by atoms with Gasteiger partial charge in [0.25, 0.3) is 0 Å². The highest BCUT2D eigenvalue weighted by Gasteiger charge is 2.09. The maximum Gasteiger partial charge on any atom is 0.248 e. The molecule has 0 radical (unpaired) electrons. The fourth-order valence-electron chi connectivity index (χ4n) is 1.02. The summed E-state index contributed by atoms with van der Waals surface area (Å²) in [6.07, 6.45) is 2.70. The van der Waals surface area contributed by atoms with Gasteiger partial charge in [0.2, 0.25) is 5.91 Å². The lowest BCUT2D eigenvalue weighted by atomic mass is 10.4. The predicted octanol–water partition coefficient (Wildman–Crippen LogP) is 1.45. The first kappa shape index (κ1) is 12.2. The Balaban J connectivity index is 3.87. The van der Waals surface area contributed by atoms with Crippen LogP contribution in [0.15, 0.2) is 12.7 Å². The van der Waals surface area contributed by atoms with Gasteiger partial charge in [0.1, 0.15) is 6.61 Å². The van der Waals surface area contributed by atoms with Gasteiger partial charge in [0.05, 0.1) is 0 Å². The molecule has 0 aromatic heterocycles. The van der Waals surface area contributed by atoms with E-state index in [1.165, 1.54) is 0 Å². The Morgan fingerprint density at radius 2 is 2.23 bits per heavy atom. The molecule has 0 unspecified atom stereocenters. The van der Waals surface area contributed by atoms with Crippen LogP contribution in [0.3, 0.4) is 0 Å². The Labute approximate surface area is 80.4 Å². The van der Waals surface area contributed by atoms with E-state index in [0.717, 1.165) is 13.0 Å². The molecule has 0 saturated carbocycles. The van der Waals surface area contributed by atoms with Crippen molar-refractivity contribution in [2.75, 3.05) is 26.3 Å². The van der Waals surface area contributed by atoms with E-state index in [-0.39, 0.29) is 12.5 Å². The second-order valence-corrected chi connectivity index (χ2v) is 2.77. The van der Waals surface area contributed by atoms with Gasteiger partial charge in [0.15, 0.2) is 0 Å². The normalized spacial score (nSPS) is 9.69. The second-order valence-electron chi connectivity index (χ2n) is 2.77. The largest absolute Gasteiger partial charge is 0.372 e. The van der Waals surface area contributed by atoms with Crippen LogP contribution in [-0.4, -0.2) is 37.1 Å².